The molecule has 4 heteroatoms. The molecule has 0 aromatic heterocycles. The number of aliphatic hydroxyl groups excluding tert-OH is 1. The van der Waals surface area contributed by atoms with Crippen LogP contribution in [0.15, 0.2) is 0 Å². The fourth-order valence-electron chi connectivity index (χ4n) is 2.90. The fourth-order valence-corrected chi connectivity index (χ4v) is 2.90. The molecule has 0 aromatic carbocycles. The minimum atomic E-state index is -0.610. The Morgan fingerprint density at radius 1 is 1.37 bits per heavy atom. The van der Waals surface area contributed by atoms with Crippen LogP contribution in [0.3, 0.4) is 0 Å². The number of carbonyl (C=O) groups excluding carboxylic acids is 1. The highest BCUT2D eigenvalue weighted by Crippen LogP contribution is 2.30. The molecular formula is C15H29NO3. The van der Waals surface area contributed by atoms with Crippen LogP contribution in [0.25, 0.3) is 0 Å². The van der Waals surface area contributed by atoms with Gasteiger partial charge in [0.1, 0.15) is 0 Å². The van der Waals surface area contributed by atoms with Crippen LogP contribution in [0.4, 0.5) is 0 Å². The molecule has 19 heavy (non-hydrogen) atoms. The van der Waals surface area contributed by atoms with Crippen LogP contribution in [0.2, 0.25) is 0 Å². The quantitative estimate of drug-likeness (QED) is 0.711. The first kappa shape index (κ1) is 16.4. The van der Waals surface area contributed by atoms with Crippen molar-refractivity contribution in [2.75, 3.05) is 20.3 Å². The smallest absolute Gasteiger partial charge is 0.223 e. The van der Waals surface area contributed by atoms with Crippen molar-refractivity contribution in [3.8, 4) is 0 Å². The van der Waals surface area contributed by atoms with Crippen LogP contribution in [-0.2, 0) is 9.53 Å². The standard InChI is InChI=1S/C15H29NO3/c1-3-13(9-12-7-5-4-6-8-12)15(18)16-10-14(17)11-19-2/h12-14,17H,3-11H2,1-2H3,(H,16,18). The van der Waals surface area contributed by atoms with E-state index in [1.54, 1.807) is 7.11 Å². The van der Waals surface area contributed by atoms with Crippen molar-refractivity contribution in [3.05, 3.63) is 0 Å². The summed E-state index contributed by atoms with van der Waals surface area (Å²) in [6.45, 7) is 2.62. The zero-order chi connectivity index (χ0) is 14.1. The monoisotopic (exact) mass is 271 g/mol. The summed E-state index contributed by atoms with van der Waals surface area (Å²) in [6, 6.07) is 0. The molecule has 112 valence electrons. The highest BCUT2D eigenvalue weighted by Gasteiger charge is 2.23. The lowest BCUT2D eigenvalue weighted by atomic mass is 9.82. The van der Waals surface area contributed by atoms with Crippen molar-refractivity contribution in [2.45, 2.75) is 58.0 Å². The summed E-state index contributed by atoms with van der Waals surface area (Å²) >= 11 is 0. The zero-order valence-electron chi connectivity index (χ0n) is 12.4. The summed E-state index contributed by atoms with van der Waals surface area (Å²) < 4.78 is 4.84. The second-order valence-corrected chi connectivity index (χ2v) is 5.70. The van der Waals surface area contributed by atoms with E-state index in [0.717, 1.165) is 12.8 Å². The van der Waals surface area contributed by atoms with Crippen molar-refractivity contribution < 1.29 is 14.6 Å². The van der Waals surface area contributed by atoms with E-state index in [-0.39, 0.29) is 25.0 Å². The van der Waals surface area contributed by atoms with Gasteiger partial charge in [-0.05, 0) is 18.8 Å². The summed E-state index contributed by atoms with van der Waals surface area (Å²) in [5.74, 6) is 0.898. The lowest BCUT2D eigenvalue weighted by molar-refractivity contribution is -0.126. The van der Waals surface area contributed by atoms with Gasteiger partial charge >= 0.3 is 0 Å². The van der Waals surface area contributed by atoms with E-state index in [0.29, 0.717) is 5.92 Å². The third kappa shape index (κ3) is 6.39. The van der Waals surface area contributed by atoms with Gasteiger partial charge in [0.25, 0.3) is 0 Å². The average Bonchev–Trinajstić information content (AvgIpc) is 2.43. The van der Waals surface area contributed by atoms with Gasteiger partial charge in [-0.3, -0.25) is 4.79 Å². The van der Waals surface area contributed by atoms with Gasteiger partial charge in [0.15, 0.2) is 0 Å². The van der Waals surface area contributed by atoms with E-state index in [2.05, 4.69) is 12.2 Å². The van der Waals surface area contributed by atoms with E-state index < -0.39 is 6.10 Å². The maximum atomic E-state index is 12.1. The Hall–Kier alpha value is -0.610. The van der Waals surface area contributed by atoms with Gasteiger partial charge in [0.2, 0.25) is 5.91 Å². The van der Waals surface area contributed by atoms with Gasteiger partial charge < -0.3 is 15.2 Å². The molecule has 1 amide bonds. The number of methoxy groups -OCH3 is 1. The Bertz CT molecular complexity index is 252. The Morgan fingerprint density at radius 3 is 2.63 bits per heavy atom. The number of nitrogens with one attached hydrogen (secondary N) is 1. The molecule has 1 saturated carbocycles. The minimum absolute atomic E-state index is 0.0863. The van der Waals surface area contributed by atoms with Crippen LogP contribution in [0, 0.1) is 11.8 Å². The molecule has 2 atom stereocenters. The molecule has 1 fully saturated rings. The van der Waals surface area contributed by atoms with E-state index >= 15 is 0 Å². The van der Waals surface area contributed by atoms with E-state index in [4.69, 9.17) is 4.74 Å². The van der Waals surface area contributed by atoms with Crippen molar-refractivity contribution in [3.63, 3.8) is 0 Å². The Morgan fingerprint density at radius 2 is 2.05 bits per heavy atom. The SMILES string of the molecule is CCC(CC1CCCCC1)C(=O)NCC(O)COC. The molecule has 0 heterocycles. The van der Waals surface area contributed by atoms with Crippen LogP contribution in [-0.4, -0.2) is 37.4 Å². The molecule has 0 aromatic rings. The van der Waals surface area contributed by atoms with E-state index in [1.165, 1.54) is 32.1 Å². The molecule has 0 aliphatic heterocycles. The Balaban J connectivity index is 2.29. The van der Waals surface area contributed by atoms with Gasteiger partial charge in [-0.1, -0.05) is 39.0 Å². The average molecular weight is 271 g/mol. The first-order chi connectivity index (χ1) is 9.17. The summed E-state index contributed by atoms with van der Waals surface area (Å²) in [4.78, 5) is 12.1. The van der Waals surface area contributed by atoms with E-state index in [9.17, 15) is 9.90 Å². The van der Waals surface area contributed by atoms with Crippen LogP contribution in [0.1, 0.15) is 51.9 Å². The molecule has 2 unspecified atom stereocenters. The normalized spacial score (nSPS) is 19.9. The Labute approximate surface area is 116 Å². The second-order valence-electron chi connectivity index (χ2n) is 5.70. The highest BCUT2D eigenvalue weighted by atomic mass is 16.5. The summed E-state index contributed by atoms with van der Waals surface area (Å²) in [7, 11) is 1.54. The first-order valence-electron chi connectivity index (χ1n) is 7.62. The van der Waals surface area contributed by atoms with Crippen molar-refractivity contribution in [1.29, 1.82) is 0 Å². The minimum Gasteiger partial charge on any atom is -0.389 e. The summed E-state index contributed by atoms with van der Waals surface area (Å²) in [6.07, 6.45) is 7.80. The molecule has 1 aliphatic carbocycles. The predicted octanol–water partition coefficient (Wildman–Crippen LogP) is 2.11. The second kappa shape index (κ2) is 9.32. The molecule has 1 aliphatic rings. The lowest BCUT2D eigenvalue weighted by Gasteiger charge is -2.25. The number of aliphatic hydroxyl groups is 1. The third-order valence-corrected chi connectivity index (χ3v) is 4.08. The largest absolute Gasteiger partial charge is 0.389 e. The Kier molecular flexibility index (Phi) is 8.07. The van der Waals surface area contributed by atoms with Crippen molar-refractivity contribution in [1.82, 2.24) is 5.32 Å². The number of hydrogen-bond acceptors (Lipinski definition) is 3. The highest BCUT2D eigenvalue weighted by molar-refractivity contribution is 5.78. The molecular weight excluding hydrogens is 242 g/mol. The molecule has 0 bridgehead atoms. The predicted molar refractivity (Wildman–Crippen MR) is 75.9 cm³/mol. The molecule has 0 saturated heterocycles. The summed E-state index contributed by atoms with van der Waals surface area (Å²) in [5, 5.41) is 12.4. The zero-order valence-corrected chi connectivity index (χ0v) is 12.4. The molecule has 4 nitrogen and oxygen atoms in total. The number of ether oxygens (including phenoxy) is 1. The van der Waals surface area contributed by atoms with Gasteiger partial charge in [-0.15, -0.1) is 0 Å². The van der Waals surface area contributed by atoms with Crippen LogP contribution < -0.4 is 5.32 Å². The summed E-state index contributed by atoms with van der Waals surface area (Å²) in [5.41, 5.74) is 0. The maximum absolute atomic E-state index is 12.1. The van der Waals surface area contributed by atoms with Gasteiger partial charge in [-0.25, -0.2) is 0 Å². The third-order valence-electron chi connectivity index (χ3n) is 4.08. The topological polar surface area (TPSA) is 58.6 Å². The lowest BCUT2D eigenvalue weighted by Crippen LogP contribution is -2.38. The molecule has 0 spiro atoms. The number of carbonyl (C=O) groups is 1. The van der Waals surface area contributed by atoms with Gasteiger partial charge in [0, 0.05) is 19.6 Å². The molecule has 0 radical (unpaired) electrons. The van der Waals surface area contributed by atoms with Gasteiger partial charge in [0.05, 0.1) is 12.7 Å². The van der Waals surface area contributed by atoms with Gasteiger partial charge in [-0.2, -0.15) is 0 Å². The fraction of sp³-hybridized carbons (Fsp3) is 0.933. The maximum Gasteiger partial charge on any atom is 0.223 e. The first-order valence-corrected chi connectivity index (χ1v) is 7.62. The van der Waals surface area contributed by atoms with E-state index in [1.807, 2.05) is 0 Å². The number of hydrogen-bond donors (Lipinski definition) is 2. The van der Waals surface area contributed by atoms with Crippen molar-refractivity contribution in [2.24, 2.45) is 11.8 Å². The number of rotatable bonds is 8. The molecule has 2 N–H and O–H groups in total. The number of amides is 1. The van der Waals surface area contributed by atoms with Crippen LogP contribution in [0.5, 0.6) is 0 Å². The molecule has 1 rings (SSSR count). The van der Waals surface area contributed by atoms with Crippen LogP contribution >= 0.6 is 0 Å². The van der Waals surface area contributed by atoms with Crippen molar-refractivity contribution >= 4 is 5.91 Å².